The molecule has 0 fully saturated rings. The first kappa shape index (κ1) is 12.6. The maximum Gasteiger partial charge on any atom is 0.573 e. The van der Waals surface area contributed by atoms with Crippen LogP contribution in [0.15, 0.2) is 29.6 Å². The van der Waals surface area contributed by atoms with Gasteiger partial charge in [0.15, 0.2) is 6.29 Å². The number of aldehydes is 1. The van der Waals surface area contributed by atoms with Crippen LogP contribution in [0.1, 0.15) is 10.4 Å². The van der Waals surface area contributed by atoms with Crippen molar-refractivity contribution in [3.05, 3.63) is 35.2 Å². The first-order valence-electron chi connectivity index (χ1n) is 4.75. The molecule has 0 spiro atoms. The lowest BCUT2D eigenvalue weighted by Gasteiger charge is -2.08. The second kappa shape index (κ2) is 4.77. The summed E-state index contributed by atoms with van der Waals surface area (Å²) < 4.78 is 43.6. The molecule has 1 aromatic heterocycles. The lowest BCUT2D eigenvalue weighted by Crippen LogP contribution is -2.16. The average molecular weight is 273 g/mol. The van der Waals surface area contributed by atoms with Crippen LogP contribution >= 0.6 is 11.5 Å². The summed E-state index contributed by atoms with van der Waals surface area (Å²) in [5, 5.41) is 1.57. The molecule has 0 amide bonds. The molecule has 2 aromatic rings. The highest BCUT2D eigenvalue weighted by molar-refractivity contribution is 7.04. The minimum Gasteiger partial charge on any atom is -0.406 e. The zero-order valence-corrected chi connectivity index (χ0v) is 9.59. The molecule has 0 saturated carbocycles. The van der Waals surface area contributed by atoms with Gasteiger partial charge >= 0.3 is 6.36 Å². The third-order valence-electron chi connectivity index (χ3n) is 2.09. The van der Waals surface area contributed by atoms with Gasteiger partial charge in [-0.25, -0.2) is 0 Å². The summed E-state index contributed by atoms with van der Waals surface area (Å²) in [6, 6.07) is 5.19. The standard InChI is InChI=1S/C11H6F3NO2S/c12-11(13,14)17-9-3-1-7(2-4-9)10-8(5-16)6-18-15-10/h1-6H. The van der Waals surface area contributed by atoms with E-state index in [4.69, 9.17) is 0 Å². The maximum atomic E-state index is 12.0. The summed E-state index contributed by atoms with van der Waals surface area (Å²) in [7, 11) is 0. The van der Waals surface area contributed by atoms with Crippen LogP contribution in [0.3, 0.4) is 0 Å². The van der Waals surface area contributed by atoms with Gasteiger partial charge < -0.3 is 4.74 Å². The van der Waals surface area contributed by atoms with Gasteiger partial charge in [0.05, 0.1) is 11.3 Å². The third-order valence-corrected chi connectivity index (χ3v) is 2.73. The quantitative estimate of drug-likeness (QED) is 0.803. The Kier molecular flexibility index (Phi) is 3.33. The molecule has 0 aliphatic rings. The molecule has 0 N–H and O–H groups in total. The van der Waals surface area contributed by atoms with E-state index in [1.165, 1.54) is 24.3 Å². The number of hydrogen-bond donors (Lipinski definition) is 0. The average Bonchev–Trinajstić information content (AvgIpc) is 2.76. The van der Waals surface area contributed by atoms with Gasteiger partial charge in [0.25, 0.3) is 0 Å². The predicted molar refractivity (Wildman–Crippen MR) is 59.6 cm³/mol. The number of ether oxygens (including phenoxy) is 1. The van der Waals surface area contributed by atoms with Gasteiger partial charge in [-0.05, 0) is 35.8 Å². The van der Waals surface area contributed by atoms with E-state index in [1.54, 1.807) is 5.38 Å². The highest BCUT2D eigenvalue weighted by Crippen LogP contribution is 2.27. The van der Waals surface area contributed by atoms with Gasteiger partial charge in [0.2, 0.25) is 0 Å². The van der Waals surface area contributed by atoms with Crippen LogP contribution in [-0.2, 0) is 0 Å². The minimum atomic E-state index is -4.71. The number of nitrogens with zero attached hydrogens (tertiary/aromatic N) is 1. The molecule has 1 aromatic carbocycles. The van der Waals surface area contributed by atoms with Gasteiger partial charge in [-0.3, -0.25) is 4.79 Å². The third kappa shape index (κ3) is 2.86. The summed E-state index contributed by atoms with van der Waals surface area (Å²) in [4.78, 5) is 10.7. The first-order chi connectivity index (χ1) is 8.49. The predicted octanol–water partition coefficient (Wildman–Crippen LogP) is 3.52. The molecule has 0 atom stereocenters. The molecule has 0 saturated heterocycles. The van der Waals surface area contributed by atoms with Crippen molar-refractivity contribution in [1.29, 1.82) is 0 Å². The lowest BCUT2D eigenvalue weighted by molar-refractivity contribution is -0.274. The van der Waals surface area contributed by atoms with Crippen LogP contribution in [0.5, 0.6) is 5.75 Å². The summed E-state index contributed by atoms with van der Waals surface area (Å²) in [6.45, 7) is 0. The monoisotopic (exact) mass is 273 g/mol. The Balaban J connectivity index is 2.25. The van der Waals surface area contributed by atoms with Gasteiger partial charge in [0, 0.05) is 10.9 Å². The van der Waals surface area contributed by atoms with Crippen LogP contribution in [0, 0.1) is 0 Å². The molecule has 7 heteroatoms. The van der Waals surface area contributed by atoms with Crippen molar-refractivity contribution in [2.75, 3.05) is 0 Å². The van der Waals surface area contributed by atoms with Crippen molar-refractivity contribution in [1.82, 2.24) is 4.37 Å². The Morgan fingerprint density at radius 2 is 1.89 bits per heavy atom. The highest BCUT2D eigenvalue weighted by Gasteiger charge is 2.31. The van der Waals surface area contributed by atoms with Crippen LogP contribution in [0.2, 0.25) is 0 Å². The normalized spacial score (nSPS) is 11.3. The Labute approximate surface area is 104 Å². The molecule has 18 heavy (non-hydrogen) atoms. The van der Waals surface area contributed by atoms with Crippen molar-refractivity contribution in [2.24, 2.45) is 0 Å². The van der Waals surface area contributed by atoms with Crippen molar-refractivity contribution in [2.45, 2.75) is 6.36 Å². The van der Waals surface area contributed by atoms with E-state index in [0.29, 0.717) is 23.1 Å². The molecule has 0 unspecified atom stereocenters. The fraction of sp³-hybridized carbons (Fsp3) is 0.0909. The van der Waals surface area contributed by atoms with Gasteiger partial charge in [-0.15, -0.1) is 13.2 Å². The number of benzene rings is 1. The molecule has 0 radical (unpaired) electrons. The maximum absolute atomic E-state index is 12.0. The second-order valence-corrected chi connectivity index (χ2v) is 3.94. The van der Waals surface area contributed by atoms with Crippen LogP contribution in [0.25, 0.3) is 11.3 Å². The number of rotatable bonds is 3. The van der Waals surface area contributed by atoms with E-state index >= 15 is 0 Å². The number of aromatic nitrogens is 1. The van der Waals surface area contributed by atoms with Crippen molar-refractivity contribution in [3.8, 4) is 17.0 Å². The van der Waals surface area contributed by atoms with Crippen molar-refractivity contribution < 1.29 is 22.7 Å². The fourth-order valence-electron chi connectivity index (χ4n) is 1.36. The van der Waals surface area contributed by atoms with E-state index in [0.717, 1.165) is 11.5 Å². The van der Waals surface area contributed by atoms with E-state index in [2.05, 4.69) is 9.11 Å². The van der Waals surface area contributed by atoms with E-state index in [-0.39, 0.29) is 5.75 Å². The molecule has 3 nitrogen and oxygen atoms in total. The first-order valence-corrected chi connectivity index (χ1v) is 5.59. The summed E-state index contributed by atoms with van der Waals surface area (Å²) in [6.07, 6.45) is -4.06. The van der Waals surface area contributed by atoms with Crippen molar-refractivity contribution in [3.63, 3.8) is 0 Å². The Bertz CT molecular complexity index is 548. The van der Waals surface area contributed by atoms with Crippen LogP contribution in [-0.4, -0.2) is 17.0 Å². The zero-order valence-electron chi connectivity index (χ0n) is 8.77. The van der Waals surface area contributed by atoms with Crippen LogP contribution in [0.4, 0.5) is 13.2 Å². The highest BCUT2D eigenvalue weighted by atomic mass is 32.1. The molecule has 0 bridgehead atoms. The van der Waals surface area contributed by atoms with E-state index in [1.807, 2.05) is 0 Å². The van der Waals surface area contributed by atoms with Crippen LogP contribution < -0.4 is 4.74 Å². The largest absolute Gasteiger partial charge is 0.573 e. The Morgan fingerprint density at radius 3 is 2.44 bits per heavy atom. The SMILES string of the molecule is O=Cc1csnc1-c1ccc(OC(F)(F)F)cc1. The molecular weight excluding hydrogens is 267 g/mol. The van der Waals surface area contributed by atoms with Gasteiger partial charge in [-0.2, -0.15) is 4.37 Å². The van der Waals surface area contributed by atoms with Gasteiger partial charge in [0.1, 0.15) is 5.75 Å². The topological polar surface area (TPSA) is 39.2 Å². The number of carbonyl (C=O) groups is 1. The molecule has 1 heterocycles. The minimum absolute atomic E-state index is 0.311. The molecule has 0 aliphatic heterocycles. The zero-order chi connectivity index (χ0) is 13.2. The molecule has 94 valence electrons. The number of alkyl halides is 3. The summed E-state index contributed by atoms with van der Waals surface area (Å²) >= 11 is 1.11. The molecule has 2 rings (SSSR count). The lowest BCUT2D eigenvalue weighted by atomic mass is 10.1. The summed E-state index contributed by atoms with van der Waals surface area (Å²) in [5.41, 5.74) is 1.42. The smallest absolute Gasteiger partial charge is 0.406 e. The van der Waals surface area contributed by atoms with E-state index < -0.39 is 6.36 Å². The second-order valence-electron chi connectivity index (χ2n) is 3.31. The van der Waals surface area contributed by atoms with Gasteiger partial charge in [-0.1, -0.05) is 0 Å². The van der Waals surface area contributed by atoms with Crippen molar-refractivity contribution >= 4 is 17.8 Å². The number of carbonyl (C=O) groups excluding carboxylic acids is 1. The Morgan fingerprint density at radius 1 is 1.22 bits per heavy atom. The molecular formula is C11H6F3NO2S. The Hall–Kier alpha value is -1.89. The molecule has 0 aliphatic carbocycles. The fourth-order valence-corrected chi connectivity index (χ4v) is 2.01. The summed E-state index contributed by atoms with van der Waals surface area (Å²) in [5.74, 6) is -0.311. The van der Waals surface area contributed by atoms with E-state index in [9.17, 15) is 18.0 Å². The number of hydrogen-bond acceptors (Lipinski definition) is 4. The number of halogens is 3.